The molecule has 4 nitrogen and oxygen atoms in total. The Bertz CT molecular complexity index is 419. The van der Waals surface area contributed by atoms with Crippen molar-refractivity contribution >= 4 is 9.84 Å². The van der Waals surface area contributed by atoms with Crippen molar-refractivity contribution in [1.29, 1.82) is 0 Å². The lowest BCUT2D eigenvalue weighted by molar-refractivity contribution is 0.100. The summed E-state index contributed by atoms with van der Waals surface area (Å²) in [6.45, 7) is 7.06. The van der Waals surface area contributed by atoms with Crippen LogP contribution < -0.4 is 5.73 Å². The molecular formula is C14H28N2O2S. The van der Waals surface area contributed by atoms with Gasteiger partial charge in [0.1, 0.15) is 0 Å². The third kappa shape index (κ3) is 3.50. The average molecular weight is 288 g/mol. The van der Waals surface area contributed by atoms with Crippen molar-refractivity contribution in [3.63, 3.8) is 0 Å². The summed E-state index contributed by atoms with van der Waals surface area (Å²) >= 11 is 0. The molecule has 0 bridgehead atoms. The Balaban J connectivity index is 2.17. The predicted octanol–water partition coefficient (Wildman–Crippen LogP) is 1.40. The molecule has 5 heteroatoms. The standard InChI is InChI=1S/C14H28N2O2S/c1-13(2)5-3-8-16(9-7-13)14(11-15)6-4-10-19(17,18)12-14/h3-12,15H2,1-2H3. The minimum Gasteiger partial charge on any atom is -0.329 e. The highest BCUT2D eigenvalue weighted by molar-refractivity contribution is 7.91. The van der Waals surface area contributed by atoms with E-state index in [1.807, 2.05) is 0 Å². The maximum absolute atomic E-state index is 12.0. The van der Waals surface area contributed by atoms with Crippen molar-refractivity contribution < 1.29 is 8.42 Å². The molecule has 2 heterocycles. The maximum atomic E-state index is 12.0. The van der Waals surface area contributed by atoms with Gasteiger partial charge < -0.3 is 5.73 Å². The molecule has 0 aliphatic carbocycles. The van der Waals surface area contributed by atoms with E-state index in [0.29, 0.717) is 17.7 Å². The molecule has 1 atom stereocenters. The van der Waals surface area contributed by atoms with Gasteiger partial charge in [-0.1, -0.05) is 13.8 Å². The lowest BCUT2D eigenvalue weighted by Gasteiger charge is -2.45. The van der Waals surface area contributed by atoms with Gasteiger partial charge in [-0.2, -0.15) is 0 Å². The molecule has 2 saturated heterocycles. The second-order valence-electron chi connectivity index (χ2n) is 7.13. The smallest absolute Gasteiger partial charge is 0.152 e. The van der Waals surface area contributed by atoms with Gasteiger partial charge in [-0.25, -0.2) is 8.42 Å². The molecule has 2 N–H and O–H groups in total. The first-order valence-electron chi connectivity index (χ1n) is 7.44. The molecular weight excluding hydrogens is 260 g/mol. The highest BCUT2D eigenvalue weighted by Crippen LogP contribution is 2.35. The van der Waals surface area contributed by atoms with Crippen LogP contribution in [0.15, 0.2) is 0 Å². The van der Waals surface area contributed by atoms with E-state index in [4.69, 9.17) is 5.73 Å². The van der Waals surface area contributed by atoms with Gasteiger partial charge in [0.05, 0.1) is 11.5 Å². The lowest BCUT2D eigenvalue weighted by Crippen LogP contribution is -2.60. The summed E-state index contributed by atoms with van der Waals surface area (Å²) in [6.07, 6.45) is 5.20. The molecule has 1 unspecified atom stereocenters. The van der Waals surface area contributed by atoms with Gasteiger partial charge in [0, 0.05) is 12.1 Å². The summed E-state index contributed by atoms with van der Waals surface area (Å²) in [5.74, 6) is 0.602. The number of hydrogen-bond donors (Lipinski definition) is 1. The molecule has 0 radical (unpaired) electrons. The molecule has 0 saturated carbocycles. The number of likely N-dealkylation sites (tertiary alicyclic amines) is 1. The molecule has 0 aromatic heterocycles. The Kier molecular flexibility index (Phi) is 4.29. The summed E-state index contributed by atoms with van der Waals surface area (Å²) in [5, 5.41) is 0. The Hall–Kier alpha value is -0.130. The van der Waals surface area contributed by atoms with Crippen molar-refractivity contribution in [3.8, 4) is 0 Å². The number of nitrogens with zero attached hydrogens (tertiary/aromatic N) is 1. The van der Waals surface area contributed by atoms with Crippen LogP contribution in [-0.2, 0) is 9.84 Å². The largest absolute Gasteiger partial charge is 0.329 e. The summed E-state index contributed by atoms with van der Waals surface area (Å²) in [7, 11) is -2.91. The number of rotatable bonds is 2. The Morgan fingerprint density at radius 2 is 1.84 bits per heavy atom. The van der Waals surface area contributed by atoms with Crippen LogP contribution in [0.2, 0.25) is 0 Å². The summed E-state index contributed by atoms with van der Waals surface area (Å²) in [4.78, 5) is 2.39. The SMILES string of the molecule is CC1(C)CCCN(C2(CN)CCCS(=O)(=O)C2)CC1. The zero-order valence-corrected chi connectivity index (χ0v) is 13.1. The fourth-order valence-corrected chi connectivity index (χ4v) is 5.60. The fourth-order valence-electron chi connectivity index (χ4n) is 3.61. The van der Waals surface area contributed by atoms with Gasteiger partial charge in [-0.3, -0.25) is 4.90 Å². The summed E-state index contributed by atoms with van der Waals surface area (Å²) < 4.78 is 24.0. The third-order valence-electron chi connectivity index (χ3n) is 4.98. The van der Waals surface area contributed by atoms with E-state index in [-0.39, 0.29) is 11.3 Å². The molecule has 2 aliphatic heterocycles. The molecule has 2 fully saturated rings. The van der Waals surface area contributed by atoms with Crippen molar-refractivity contribution in [2.24, 2.45) is 11.1 Å². The van der Waals surface area contributed by atoms with E-state index < -0.39 is 9.84 Å². The Labute approximate surface area is 117 Å². The van der Waals surface area contributed by atoms with E-state index in [9.17, 15) is 8.42 Å². The summed E-state index contributed by atoms with van der Waals surface area (Å²) in [5.41, 5.74) is 6.08. The molecule has 0 spiro atoms. The summed E-state index contributed by atoms with van der Waals surface area (Å²) in [6, 6.07) is 0. The van der Waals surface area contributed by atoms with Crippen LogP contribution in [0.3, 0.4) is 0 Å². The van der Waals surface area contributed by atoms with E-state index in [1.165, 1.54) is 6.42 Å². The van der Waals surface area contributed by atoms with Crippen LogP contribution in [-0.4, -0.2) is 50.0 Å². The van der Waals surface area contributed by atoms with Gasteiger partial charge in [-0.05, 0) is 50.6 Å². The van der Waals surface area contributed by atoms with Gasteiger partial charge in [0.2, 0.25) is 0 Å². The van der Waals surface area contributed by atoms with E-state index in [1.54, 1.807) is 0 Å². The van der Waals surface area contributed by atoms with Crippen LogP contribution in [0.4, 0.5) is 0 Å². The zero-order chi connectivity index (χ0) is 14.1. The minimum absolute atomic E-state index is 0.261. The number of sulfone groups is 1. The van der Waals surface area contributed by atoms with Crippen LogP contribution in [0.25, 0.3) is 0 Å². The van der Waals surface area contributed by atoms with Gasteiger partial charge in [0.15, 0.2) is 9.84 Å². The van der Waals surface area contributed by atoms with Gasteiger partial charge >= 0.3 is 0 Å². The van der Waals surface area contributed by atoms with Gasteiger partial charge in [0.25, 0.3) is 0 Å². The average Bonchev–Trinajstić information content (AvgIpc) is 2.49. The second kappa shape index (κ2) is 5.34. The molecule has 0 amide bonds. The van der Waals surface area contributed by atoms with Crippen LogP contribution >= 0.6 is 0 Å². The highest BCUT2D eigenvalue weighted by atomic mass is 32.2. The van der Waals surface area contributed by atoms with E-state index in [0.717, 1.165) is 38.8 Å². The molecule has 2 aliphatic rings. The monoisotopic (exact) mass is 288 g/mol. The predicted molar refractivity (Wildman–Crippen MR) is 78.9 cm³/mol. The Morgan fingerprint density at radius 1 is 1.11 bits per heavy atom. The maximum Gasteiger partial charge on any atom is 0.152 e. The number of nitrogens with two attached hydrogens (primary N) is 1. The van der Waals surface area contributed by atoms with Crippen molar-refractivity contribution in [2.45, 2.75) is 51.5 Å². The molecule has 0 aromatic rings. The van der Waals surface area contributed by atoms with E-state index in [2.05, 4.69) is 18.7 Å². The molecule has 112 valence electrons. The van der Waals surface area contributed by atoms with Gasteiger partial charge in [-0.15, -0.1) is 0 Å². The van der Waals surface area contributed by atoms with Crippen molar-refractivity contribution in [2.75, 3.05) is 31.1 Å². The first-order valence-corrected chi connectivity index (χ1v) is 9.26. The highest BCUT2D eigenvalue weighted by Gasteiger charge is 2.43. The lowest BCUT2D eigenvalue weighted by atomic mass is 9.85. The molecule has 19 heavy (non-hydrogen) atoms. The van der Waals surface area contributed by atoms with Crippen molar-refractivity contribution in [3.05, 3.63) is 0 Å². The van der Waals surface area contributed by atoms with Crippen LogP contribution in [0, 0.1) is 5.41 Å². The van der Waals surface area contributed by atoms with Crippen LogP contribution in [0.5, 0.6) is 0 Å². The fraction of sp³-hybridized carbons (Fsp3) is 1.00. The third-order valence-corrected chi connectivity index (χ3v) is 6.86. The zero-order valence-electron chi connectivity index (χ0n) is 12.3. The normalized spacial score (nSPS) is 35.7. The molecule has 2 rings (SSSR count). The first-order chi connectivity index (χ1) is 8.79. The topological polar surface area (TPSA) is 63.4 Å². The van der Waals surface area contributed by atoms with E-state index >= 15 is 0 Å². The number of hydrogen-bond acceptors (Lipinski definition) is 4. The first kappa shape index (κ1) is 15.3. The minimum atomic E-state index is -2.91. The molecule has 0 aromatic carbocycles. The Morgan fingerprint density at radius 3 is 2.47 bits per heavy atom. The second-order valence-corrected chi connectivity index (χ2v) is 9.31. The van der Waals surface area contributed by atoms with Crippen LogP contribution in [0.1, 0.15) is 46.0 Å². The quantitative estimate of drug-likeness (QED) is 0.834. The van der Waals surface area contributed by atoms with Crippen molar-refractivity contribution in [1.82, 2.24) is 4.90 Å².